The van der Waals surface area contributed by atoms with Gasteiger partial charge in [0.15, 0.2) is 0 Å². The second-order valence-electron chi connectivity index (χ2n) is 5.95. The predicted octanol–water partition coefficient (Wildman–Crippen LogP) is 2.74. The number of amides is 1. The van der Waals surface area contributed by atoms with Gasteiger partial charge in [0.05, 0.1) is 6.54 Å². The molecule has 1 amide bonds. The van der Waals surface area contributed by atoms with Gasteiger partial charge >= 0.3 is 0 Å². The molecule has 0 aromatic heterocycles. The van der Waals surface area contributed by atoms with Gasteiger partial charge in [0.2, 0.25) is 5.91 Å². The fourth-order valence-corrected chi connectivity index (χ4v) is 2.40. The molecule has 21 heavy (non-hydrogen) atoms. The van der Waals surface area contributed by atoms with Crippen LogP contribution >= 0.6 is 12.4 Å². The maximum atomic E-state index is 12.9. The summed E-state index contributed by atoms with van der Waals surface area (Å²) in [5, 5.41) is 3.25. The molecule has 116 valence electrons. The third-order valence-electron chi connectivity index (χ3n) is 3.98. The average molecular weight is 313 g/mol. The highest BCUT2D eigenvalue weighted by Crippen LogP contribution is 2.29. The van der Waals surface area contributed by atoms with Crippen LogP contribution in [0.1, 0.15) is 31.2 Å². The number of rotatable bonds is 7. The van der Waals surface area contributed by atoms with Crippen molar-refractivity contribution in [3.05, 3.63) is 35.6 Å². The third-order valence-corrected chi connectivity index (χ3v) is 3.98. The molecule has 0 aliphatic heterocycles. The second kappa shape index (κ2) is 7.23. The Morgan fingerprint density at radius 2 is 1.86 bits per heavy atom. The van der Waals surface area contributed by atoms with E-state index in [4.69, 9.17) is 0 Å². The Hall–Kier alpha value is -1.13. The van der Waals surface area contributed by atoms with Crippen molar-refractivity contribution in [1.29, 1.82) is 0 Å². The highest BCUT2D eigenvalue weighted by Gasteiger charge is 2.32. The van der Waals surface area contributed by atoms with Crippen LogP contribution in [0.3, 0.4) is 0 Å². The lowest BCUT2D eigenvalue weighted by molar-refractivity contribution is -0.131. The molecule has 2 aliphatic carbocycles. The zero-order chi connectivity index (χ0) is 13.9. The van der Waals surface area contributed by atoms with E-state index in [1.807, 2.05) is 4.90 Å². The summed E-state index contributed by atoms with van der Waals surface area (Å²) in [5.74, 6) is 0.718. The molecular weight excluding hydrogens is 291 g/mol. The lowest BCUT2D eigenvalue weighted by atomic mass is 10.2. The van der Waals surface area contributed by atoms with Crippen LogP contribution in [-0.2, 0) is 11.3 Å². The molecule has 0 bridgehead atoms. The van der Waals surface area contributed by atoms with Crippen molar-refractivity contribution in [2.24, 2.45) is 5.92 Å². The first kappa shape index (κ1) is 16.2. The summed E-state index contributed by atoms with van der Waals surface area (Å²) >= 11 is 0. The normalized spacial score (nSPS) is 17.2. The molecule has 0 spiro atoms. The van der Waals surface area contributed by atoms with Crippen LogP contribution in [0, 0.1) is 11.7 Å². The van der Waals surface area contributed by atoms with Gasteiger partial charge in [-0.25, -0.2) is 4.39 Å². The topological polar surface area (TPSA) is 32.3 Å². The highest BCUT2D eigenvalue weighted by atomic mass is 35.5. The van der Waals surface area contributed by atoms with Gasteiger partial charge in [-0.2, -0.15) is 0 Å². The van der Waals surface area contributed by atoms with Crippen LogP contribution in [0.2, 0.25) is 0 Å². The lowest BCUT2D eigenvalue weighted by Gasteiger charge is -2.23. The van der Waals surface area contributed by atoms with Gasteiger partial charge in [-0.3, -0.25) is 4.79 Å². The molecule has 0 saturated heterocycles. The van der Waals surface area contributed by atoms with E-state index < -0.39 is 0 Å². The molecule has 2 saturated carbocycles. The first-order valence-electron chi connectivity index (χ1n) is 7.47. The number of carbonyl (C=O) groups is 1. The summed E-state index contributed by atoms with van der Waals surface area (Å²) in [6.45, 7) is 1.98. The van der Waals surface area contributed by atoms with E-state index in [1.54, 1.807) is 12.1 Å². The Balaban J connectivity index is 0.00000161. The fourth-order valence-electron chi connectivity index (χ4n) is 2.40. The Kier molecular flexibility index (Phi) is 5.59. The highest BCUT2D eigenvalue weighted by molar-refractivity contribution is 5.85. The van der Waals surface area contributed by atoms with Crippen molar-refractivity contribution in [2.45, 2.75) is 38.3 Å². The summed E-state index contributed by atoms with van der Waals surface area (Å²) in [4.78, 5) is 14.2. The quantitative estimate of drug-likeness (QED) is 0.839. The standard InChI is InChI=1S/C16H21FN2O.ClH/c17-14-5-3-13(4-6-14)11-19(15-7-8-15)16(20)10-18-9-12-1-2-12;/h3-6,12,15,18H,1-2,7-11H2;1H. The molecule has 1 N–H and O–H groups in total. The van der Waals surface area contributed by atoms with E-state index in [2.05, 4.69) is 5.32 Å². The van der Waals surface area contributed by atoms with Crippen molar-refractivity contribution >= 4 is 18.3 Å². The van der Waals surface area contributed by atoms with Crippen LogP contribution in [0.25, 0.3) is 0 Å². The number of nitrogens with one attached hydrogen (secondary N) is 1. The van der Waals surface area contributed by atoms with Gasteiger partial charge in [0, 0.05) is 12.6 Å². The van der Waals surface area contributed by atoms with Crippen LogP contribution in [0.5, 0.6) is 0 Å². The molecule has 0 unspecified atom stereocenters. The molecule has 0 atom stereocenters. The molecule has 2 fully saturated rings. The molecule has 3 rings (SSSR count). The summed E-state index contributed by atoms with van der Waals surface area (Å²) in [7, 11) is 0. The van der Waals surface area contributed by atoms with Gasteiger partial charge in [0.1, 0.15) is 5.82 Å². The zero-order valence-electron chi connectivity index (χ0n) is 12.1. The summed E-state index contributed by atoms with van der Waals surface area (Å²) in [6.07, 6.45) is 4.78. The van der Waals surface area contributed by atoms with E-state index in [0.717, 1.165) is 30.9 Å². The summed E-state index contributed by atoms with van der Waals surface area (Å²) in [5.41, 5.74) is 0.994. The Morgan fingerprint density at radius 1 is 1.19 bits per heavy atom. The van der Waals surface area contributed by atoms with Gasteiger partial charge in [0.25, 0.3) is 0 Å². The Morgan fingerprint density at radius 3 is 2.43 bits per heavy atom. The molecular formula is C16H22ClFN2O. The monoisotopic (exact) mass is 312 g/mol. The van der Waals surface area contributed by atoms with Crippen molar-refractivity contribution in [1.82, 2.24) is 10.2 Å². The predicted molar refractivity (Wildman–Crippen MR) is 82.8 cm³/mol. The Labute approximate surface area is 131 Å². The number of benzene rings is 1. The third kappa shape index (κ3) is 4.97. The van der Waals surface area contributed by atoms with Crippen molar-refractivity contribution in [3.8, 4) is 0 Å². The van der Waals surface area contributed by atoms with Crippen LogP contribution in [-0.4, -0.2) is 29.9 Å². The van der Waals surface area contributed by atoms with Crippen LogP contribution < -0.4 is 5.32 Å². The smallest absolute Gasteiger partial charge is 0.237 e. The average Bonchev–Trinajstić information content (AvgIpc) is 3.31. The summed E-state index contributed by atoms with van der Waals surface area (Å²) in [6, 6.07) is 6.81. The van der Waals surface area contributed by atoms with E-state index >= 15 is 0 Å². The number of nitrogens with zero attached hydrogens (tertiary/aromatic N) is 1. The zero-order valence-corrected chi connectivity index (χ0v) is 12.9. The molecule has 5 heteroatoms. The number of hydrogen-bond donors (Lipinski definition) is 1. The van der Waals surface area contributed by atoms with E-state index in [9.17, 15) is 9.18 Å². The van der Waals surface area contributed by atoms with Gasteiger partial charge < -0.3 is 10.2 Å². The van der Waals surface area contributed by atoms with E-state index in [0.29, 0.717) is 19.1 Å². The molecule has 0 heterocycles. The van der Waals surface area contributed by atoms with Crippen LogP contribution in [0.15, 0.2) is 24.3 Å². The largest absolute Gasteiger partial charge is 0.334 e. The number of carbonyl (C=O) groups excluding carboxylic acids is 1. The first-order valence-corrected chi connectivity index (χ1v) is 7.47. The van der Waals surface area contributed by atoms with Gasteiger partial charge in [-0.1, -0.05) is 12.1 Å². The minimum atomic E-state index is -0.232. The van der Waals surface area contributed by atoms with Crippen molar-refractivity contribution < 1.29 is 9.18 Å². The van der Waals surface area contributed by atoms with Gasteiger partial charge in [-0.15, -0.1) is 12.4 Å². The van der Waals surface area contributed by atoms with E-state index in [1.165, 1.54) is 25.0 Å². The van der Waals surface area contributed by atoms with Crippen molar-refractivity contribution in [2.75, 3.05) is 13.1 Å². The molecule has 3 nitrogen and oxygen atoms in total. The molecule has 1 aromatic carbocycles. The van der Waals surface area contributed by atoms with E-state index in [-0.39, 0.29) is 24.1 Å². The second-order valence-corrected chi connectivity index (χ2v) is 5.95. The lowest BCUT2D eigenvalue weighted by Crippen LogP contribution is -2.39. The minimum Gasteiger partial charge on any atom is -0.334 e. The first-order chi connectivity index (χ1) is 9.72. The van der Waals surface area contributed by atoms with Crippen molar-refractivity contribution in [3.63, 3.8) is 0 Å². The minimum absolute atomic E-state index is 0. The molecule has 2 aliphatic rings. The molecule has 1 aromatic rings. The number of hydrogen-bond acceptors (Lipinski definition) is 2. The SMILES string of the molecule is Cl.O=C(CNCC1CC1)N(Cc1ccc(F)cc1)C1CC1. The maximum absolute atomic E-state index is 12.9. The van der Waals surface area contributed by atoms with Gasteiger partial charge in [-0.05, 0) is 55.8 Å². The molecule has 0 radical (unpaired) electrons. The summed E-state index contributed by atoms with van der Waals surface area (Å²) < 4.78 is 12.9. The number of halogens is 2. The maximum Gasteiger partial charge on any atom is 0.237 e. The van der Waals surface area contributed by atoms with Crippen LogP contribution in [0.4, 0.5) is 4.39 Å². The fraction of sp³-hybridized carbons (Fsp3) is 0.562. The Bertz CT molecular complexity index is 472.